The van der Waals surface area contributed by atoms with Gasteiger partial charge in [0.2, 0.25) is 5.95 Å². The summed E-state index contributed by atoms with van der Waals surface area (Å²) >= 11 is 6.28. The molecule has 0 atom stereocenters. The van der Waals surface area contributed by atoms with E-state index in [0.29, 0.717) is 55.1 Å². The van der Waals surface area contributed by atoms with Crippen molar-refractivity contribution in [1.82, 2.24) is 14.9 Å². The molecule has 176 valence electrons. The molecule has 3 aromatic rings. The Hall–Kier alpha value is -3.89. The van der Waals surface area contributed by atoms with Gasteiger partial charge in [-0.15, -0.1) is 0 Å². The van der Waals surface area contributed by atoms with Crippen LogP contribution >= 0.6 is 11.6 Å². The molecule has 0 bridgehead atoms. The van der Waals surface area contributed by atoms with Crippen molar-refractivity contribution in [3.63, 3.8) is 0 Å². The minimum Gasteiger partial charge on any atom is -0.378 e. The quantitative estimate of drug-likeness (QED) is 0.406. The molecule has 0 unspecified atom stereocenters. The molecule has 1 saturated heterocycles. The van der Waals surface area contributed by atoms with Gasteiger partial charge in [0.05, 0.1) is 29.5 Å². The van der Waals surface area contributed by atoms with Crippen LogP contribution in [0.2, 0.25) is 5.02 Å². The lowest BCUT2D eigenvalue weighted by Gasteiger charge is -2.27. The summed E-state index contributed by atoms with van der Waals surface area (Å²) in [5.74, 6) is -0.0845. The van der Waals surface area contributed by atoms with E-state index in [-0.39, 0.29) is 17.5 Å². The molecular formula is C23H24ClN7O3. The van der Waals surface area contributed by atoms with Crippen LogP contribution in [-0.2, 0) is 11.3 Å². The lowest BCUT2D eigenvalue weighted by Crippen LogP contribution is -2.43. The molecule has 1 aliphatic rings. The number of ether oxygens (including phenoxy) is 1. The predicted octanol–water partition coefficient (Wildman–Crippen LogP) is 3.45. The van der Waals surface area contributed by atoms with Crippen molar-refractivity contribution in [1.29, 1.82) is 0 Å². The summed E-state index contributed by atoms with van der Waals surface area (Å²) in [6.45, 7) is 2.49. The first kappa shape index (κ1) is 23.3. The van der Waals surface area contributed by atoms with Crippen LogP contribution in [0.3, 0.4) is 0 Å². The second-order valence-electron chi connectivity index (χ2n) is 7.51. The molecule has 1 aliphatic heterocycles. The Morgan fingerprint density at radius 1 is 1.12 bits per heavy atom. The molecule has 0 radical (unpaired) electrons. The zero-order valence-corrected chi connectivity index (χ0v) is 19.0. The third kappa shape index (κ3) is 5.91. The molecule has 5 N–H and O–H groups in total. The van der Waals surface area contributed by atoms with Gasteiger partial charge >= 0.3 is 6.03 Å². The van der Waals surface area contributed by atoms with Crippen LogP contribution in [0, 0.1) is 0 Å². The van der Waals surface area contributed by atoms with E-state index >= 15 is 0 Å². The van der Waals surface area contributed by atoms with Crippen LogP contribution in [0.5, 0.6) is 0 Å². The third-order valence-corrected chi connectivity index (χ3v) is 5.45. The number of amides is 3. The van der Waals surface area contributed by atoms with Gasteiger partial charge in [-0.1, -0.05) is 41.9 Å². The van der Waals surface area contributed by atoms with Crippen molar-refractivity contribution >= 4 is 46.7 Å². The Morgan fingerprint density at radius 3 is 2.62 bits per heavy atom. The van der Waals surface area contributed by atoms with E-state index in [1.807, 2.05) is 30.3 Å². The molecule has 2 aromatic carbocycles. The zero-order valence-electron chi connectivity index (χ0n) is 18.3. The highest BCUT2D eigenvalue weighted by molar-refractivity contribution is 6.33. The maximum absolute atomic E-state index is 12.5. The van der Waals surface area contributed by atoms with Crippen LogP contribution in [-0.4, -0.2) is 53.1 Å². The van der Waals surface area contributed by atoms with Crippen molar-refractivity contribution < 1.29 is 14.3 Å². The molecular weight excluding hydrogens is 458 g/mol. The highest BCUT2D eigenvalue weighted by Crippen LogP contribution is 2.27. The number of urea groups is 1. The van der Waals surface area contributed by atoms with E-state index < -0.39 is 5.91 Å². The molecule has 0 spiro atoms. The maximum atomic E-state index is 12.5. The van der Waals surface area contributed by atoms with Crippen LogP contribution in [0.4, 0.5) is 27.9 Å². The smallest absolute Gasteiger partial charge is 0.322 e. The molecule has 2 heterocycles. The SMILES string of the molecule is NC(=O)c1cnc(Nc2ccc(Cl)c(NC(=O)N3CCOCC3)c2)nc1NCc1ccccc1. The number of carbonyl (C=O) groups is 2. The first-order chi connectivity index (χ1) is 16.5. The summed E-state index contributed by atoms with van der Waals surface area (Å²) in [6.07, 6.45) is 1.36. The summed E-state index contributed by atoms with van der Waals surface area (Å²) < 4.78 is 5.28. The average Bonchev–Trinajstić information content (AvgIpc) is 2.86. The van der Waals surface area contributed by atoms with Gasteiger partial charge in [-0.3, -0.25) is 4.79 Å². The second-order valence-corrected chi connectivity index (χ2v) is 7.92. The topological polar surface area (TPSA) is 134 Å². The molecule has 3 amide bonds. The fourth-order valence-electron chi connectivity index (χ4n) is 3.33. The molecule has 34 heavy (non-hydrogen) atoms. The third-order valence-electron chi connectivity index (χ3n) is 5.12. The minimum absolute atomic E-state index is 0.177. The number of benzene rings is 2. The first-order valence-electron chi connectivity index (χ1n) is 10.6. The fourth-order valence-corrected chi connectivity index (χ4v) is 3.49. The number of nitrogens with zero attached hydrogens (tertiary/aromatic N) is 3. The van der Waals surface area contributed by atoms with E-state index in [0.717, 1.165) is 5.56 Å². The minimum atomic E-state index is -0.637. The van der Waals surface area contributed by atoms with E-state index in [2.05, 4.69) is 25.9 Å². The Balaban J connectivity index is 1.49. The van der Waals surface area contributed by atoms with E-state index in [4.69, 9.17) is 22.1 Å². The number of carbonyl (C=O) groups excluding carboxylic acids is 2. The second kappa shape index (κ2) is 10.8. The number of morpholine rings is 1. The normalized spacial score (nSPS) is 13.3. The van der Waals surface area contributed by atoms with Crippen molar-refractivity contribution in [2.24, 2.45) is 5.73 Å². The first-order valence-corrected chi connectivity index (χ1v) is 11.0. The maximum Gasteiger partial charge on any atom is 0.322 e. The molecule has 0 saturated carbocycles. The van der Waals surface area contributed by atoms with Gasteiger partial charge in [-0.2, -0.15) is 4.98 Å². The van der Waals surface area contributed by atoms with Gasteiger partial charge in [0, 0.05) is 31.5 Å². The van der Waals surface area contributed by atoms with Gasteiger partial charge in [-0.25, -0.2) is 9.78 Å². The standard InChI is InChI=1S/C23H24ClN7O3/c24-18-7-6-16(12-19(18)29-23(33)31-8-10-34-11-9-31)28-22-27-14-17(20(25)32)21(30-22)26-13-15-4-2-1-3-5-15/h1-7,12,14H,8-11,13H2,(H2,25,32)(H,29,33)(H2,26,27,28,30). The van der Waals surface area contributed by atoms with Crippen LogP contribution < -0.4 is 21.7 Å². The predicted molar refractivity (Wildman–Crippen MR) is 130 cm³/mol. The van der Waals surface area contributed by atoms with Gasteiger partial charge in [0.1, 0.15) is 5.82 Å². The summed E-state index contributed by atoms with van der Waals surface area (Å²) in [4.78, 5) is 34.6. The summed E-state index contributed by atoms with van der Waals surface area (Å²) in [7, 11) is 0. The number of aromatic nitrogens is 2. The van der Waals surface area contributed by atoms with Gasteiger partial charge in [0.15, 0.2) is 0 Å². The highest BCUT2D eigenvalue weighted by Gasteiger charge is 2.18. The van der Waals surface area contributed by atoms with Crippen molar-refractivity contribution in [3.05, 3.63) is 70.9 Å². The molecule has 10 nitrogen and oxygen atoms in total. The Kier molecular flexibility index (Phi) is 7.41. The summed E-state index contributed by atoms with van der Waals surface area (Å²) in [5.41, 5.74) is 7.72. The largest absolute Gasteiger partial charge is 0.378 e. The number of nitrogens with one attached hydrogen (secondary N) is 3. The summed E-state index contributed by atoms with van der Waals surface area (Å²) in [5, 5.41) is 9.42. The Morgan fingerprint density at radius 2 is 1.88 bits per heavy atom. The number of nitrogens with two attached hydrogens (primary N) is 1. The molecule has 1 aromatic heterocycles. The molecule has 4 rings (SSSR count). The Bertz CT molecular complexity index is 1170. The van der Waals surface area contributed by atoms with Gasteiger partial charge < -0.3 is 31.3 Å². The van der Waals surface area contributed by atoms with Crippen molar-refractivity contribution in [3.8, 4) is 0 Å². The van der Waals surface area contributed by atoms with Gasteiger partial charge in [-0.05, 0) is 23.8 Å². The molecule has 11 heteroatoms. The fraction of sp³-hybridized carbons (Fsp3) is 0.217. The van der Waals surface area contributed by atoms with E-state index in [1.165, 1.54) is 6.20 Å². The molecule has 0 aliphatic carbocycles. The van der Waals surface area contributed by atoms with Crippen molar-refractivity contribution in [2.75, 3.05) is 42.3 Å². The van der Waals surface area contributed by atoms with Crippen molar-refractivity contribution in [2.45, 2.75) is 6.54 Å². The number of hydrogen-bond acceptors (Lipinski definition) is 7. The number of rotatable bonds is 7. The lowest BCUT2D eigenvalue weighted by molar-refractivity contribution is 0.0564. The monoisotopic (exact) mass is 481 g/mol. The average molecular weight is 482 g/mol. The van der Waals surface area contributed by atoms with Gasteiger partial charge in [0.25, 0.3) is 5.91 Å². The number of hydrogen-bond donors (Lipinski definition) is 4. The molecule has 1 fully saturated rings. The number of anilines is 4. The van der Waals surface area contributed by atoms with Crippen LogP contribution in [0.15, 0.2) is 54.7 Å². The van der Waals surface area contributed by atoms with E-state index in [9.17, 15) is 9.59 Å². The zero-order chi connectivity index (χ0) is 23.9. The lowest BCUT2D eigenvalue weighted by atomic mass is 10.2. The van der Waals surface area contributed by atoms with E-state index in [1.54, 1.807) is 23.1 Å². The van der Waals surface area contributed by atoms with Crippen LogP contribution in [0.1, 0.15) is 15.9 Å². The summed E-state index contributed by atoms with van der Waals surface area (Å²) in [6, 6.07) is 14.5. The number of halogens is 1. The Labute approximate surface area is 201 Å². The number of primary amides is 1. The highest BCUT2D eigenvalue weighted by atomic mass is 35.5. The van der Waals surface area contributed by atoms with Crippen LogP contribution in [0.25, 0.3) is 0 Å².